The fourth-order valence-electron chi connectivity index (χ4n) is 2.49. The van der Waals surface area contributed by atoms with Gasteiger partial charge in [-0.3, -0.25) is 4.79 Å². The molecule has 150 valence electrons. The predicted octanol–water partition coefficient (Wildman–Crippen LogP) is 3.93. The van der Waals surface area contributed by atoms with Gasteiger partial charge < -0.3 is 14.3 Å². The van der Waals surface area contributed by atoms with Crippen LogP contribution in [0, 0.1) is 0 Å². The molecule has 1 N–H and O–H groups in total. The van der Waals surface area contributed by atoms with Crippen LogP contribution in [-0.2, 0) is 6.61 Å². The Bertz CT molecular complexity index is 905. The van der Waals surface area contributed by atoms with Gasteiger partial charge in [-0.05, 0) is 24.3 Å². The normalized spacial score (nSPS) is 19.4. The highest BCUT2D eigenvalue weighted by atomic mass is 35.5. The lowest BCUT2D eigenvalue weighted by Crippen LogP contribution is -2.51. The topological polar surface area (TPSA) is 75.3 Å². The van der Waals surface area contributed by atoms with E-state index in [1.165, 1.54) is 6.07 Å². The molecule has 2 aromatic rings. The molecule has 1 aromatic carbocycles. The molecule has 0 spiro atoms. The Morgan fingerprint density at radius 1 is 1.29 bits per heavy atom. The van der Waals surface area contributed by atoms with Gasteiger partial charge in [-0.25, -0.2) is 17.6 Å². The Labute approximate surface area is 160 Å². The molecule has 2 heterocycles. The highest BCUT2D eigenvalue weighted by Gasteiger charge is 2.53. The predicted molar refractivity (Wildman–Crippen MR) is 89.7 cm³/mol. The quantitative estimate of drug-likeness (QED) is 0.718. The molecule has 11 heteroatoms. The van der Waals surface area contributed by atoms with Crippen molar-refractivity contribution >= 4 is 23.2 Å². The zero-order valence-corrected chi connectivity index (χ0v) is 14.7. The summed E-state index contributed by atoms with van der Waals surface area (Å²) in [5.74, 6) is -1.27. The van der Waals surface area contributed by atoms with Crippen LogP contribution in [0.3, 0.4) is 0 Å². The van der Waals surface area contributed by atoms with Crippen LogP contribution in [0.1, 0.15) is 22.7 Å². The fourth-order valence-corrected chi connectivity index (χ4v) is 2.68. The van der Waals surface area contributed by atoms with E-state index in [9.17, 15) is 27.5 Å². The minimum Gasteiger partial charge on any atom is -0.484 e. The van der Waals surface area contributed by atoms with Crippen LogP contribution in [0.4, 0.5) is 17.6 Å². The Kier molecular flexibility index (Phi) is 5.61. The second-order valence-electron chi connectivity index (χ2n) is 5.85. The standard InChI is InChI=1S/C17H13ClF4N2O4/c18-10-3-1-2-4-12(10)27-8-9-5-6-13(28-9)15(25)24-17(26,16(21)22)7-11(23-24)14(19)20/h1-6,14,16,26H,7-8H2/t17-/m1/s1. The zero-order valence-electron chi connectivity index (χ0n) is 14.0. The highest BCUT2D eigenvalue weighted by Crippen LogP contribution is 2.34. The third-order valence-electron chi connectivity index (χ3n) is 3.91. The molecule has 0 aliphatic carbocycles. The molecule has 1 atom stereocenters. The largest absolute Gasteiger partial charge is 0.484 e. The minimum absolute atomic E-state index is 0.0727. The first-order chi connectivity index (χ1) is 13.2. The van der Waals surface area contributed by atoms with Gasteiger partial charge in [0.15, 0.2) is 5.76 Å². The van der Waals surface area contributed by atoms with Crippen molar-refractivity contribution in [1.29, 1.82) is 0 Å². The van der Waals surface area contributed by atoms with Gasteiger partial charge in [0.25, 0.3) is 12.9 Å². The van der Waals surface area contributed by atoms with Crippen molar-refractivity contribution in [3.8, 4) is 5.75 Å². The number of halogens is 5. The summed E-state index contributed by atoms with van der Waals surface area (Å²) in [5.41, 5.74) is -4.20. The van der Waals surface area contributed by atoms with Gasteiger partial charge in [0.1, 0.15) is 23.8 Å². The zero-order chi connectivity index (χ0) is 20.5. The third-order valence-corrected chi connectivity index (χ3v) is 4.22. The van der Waals surface area contributed by atoms with Gasteiger partial charge in [-0.1, -0.05) is 23.7 Å². The molecular formula is C17H13ClF4N2O4. The summed E-state index contributed by atoms with van der Waals surface area (Å²) < 4.78 is 62.7. The van der Waals surface area contributed by atoms with E-state index in [-0.39, 0.29) is 17.4 Å². The number of ether oxygens (including phenoxy) is 1. The van der Waals surface area contributed by atoms with Crippen molar-refractivity contribution in [2.75, 3.05) is 0 Å². The Morgan fingerprint density at radius 3 is 2.64 bits per heavy atom. The average molecular weight is 421 g/mol. The summed E-state index contributed by atoms with van der Waals surface area (Å²) in [6, 6.07) is 9.06. The lowest BCUT2D eigenvalue weighted by atomic mass is 10.1. The number of para-hydroxylation sites is 1. The smallest absolute Gasteiger partial charge is 0.312 e. The molecule has 6 nitrogen and oxygen atoms in total. The minimum atomic E-state index is -3.52. The number of amides is 1. The molecule has 1 aliphatic rings. The molecule has 28 heavy (non-hydrogen) atoms. The van der Waals surface area contributed by atoms with Gasteiger partial charge in [-0.2, -0.15) is 10.1 Å². The number of hydrazone groups is 1. The van der Waals surface area contributed by atoms with Gasteiger partial charge in [0, 0.05) is 6.42 Å². The molecule has 1 amide bonds. The molecular weight excluding hydrogens is 408 g/mol. The maximum Gasteiger partial charge on any atom is 0.312 e. The van der Waals surface area contributed by atoms with E-state index in [0.717, 1.165) is 6.07 Å². The number of rotatable bonds is 6. The van der Waals surface area contributed by atoms with Crippen molar-refractivity contribution in [3.05, 3.63) is 52.9 Å². The molecule has 0 saturated carbocycles. The second-order valence-corrected chi connectivity index (χ2v) is 6.26. The number of hydrogen-bond donors (Lipinski definition) is 1. The number of aliphatic hydroxyl groups is 1. The summed E-state index contributed by atoms with van der Waals surface area (Å²) in [4.78, 5) is 12.4. The summed E-state index contributed by atoms with van der Waals surface area (Å²) >= 11 is 5.94. The number of carbonyl (C=O) groups excluding carboxylic acids is 1. The lowest BCUT2D eigenvalue weighted by Gasteiger charge is -2.29. The number of nitrogens with zero attached hydrogens (tertiary/aromatic N) is 2. The maximum atomic E-state index is 13.2. The average Bonchev–Trinajstić information content (AvgIpc) is 3.26. The SMILES string of the molecule is O=C(c1ccc(COc2ccccc2Cl)o1)N1N=C(C(F)F)C[C@@]1(O)C(F)F. The molecule has 0 bridgehead atoms. The van der Waals surface area contributed by atoms with Crippen LogP contribution in [-0.4, -0.2) is 40.3 Å². The first-order valence-electron chi connectivity index (χ1n) is 7.89. The number of furan rings is 1. The molecule has 0 unspecified atom stereocenters. The van der Waals surface area contributed by atoms with Gasteiger partial charge in [0.2, 0.25) is 5.72 Å². The van der Waals surface area contributed by atoms with Crippen molar-refractivity contribution in [2.45, 2.75) is 31.6 Å². The van der Waals surface area contributed by atoms with E-state index in [2.05, 4.69) is 5.10 Å². The van der Waals surface area contributed by atoms with E-state index >= 15 is 0 Å². The van der Waals surface area contributed by atoms with E-state index in [1.54, 1.807) is 24.3 Å². The Balaban J connectivity index is 1.76. The Morgan fingerprint density at radius 2 is 2.00 bits per heavy atom. The summed E-state index contributed by atoms with van der Waals surface area (Å²) in [6.45, 7) is -0.137. The van der Waals surface area contributed by atoms with Crippen LogP contribution in [0.15, 0.2) is 45.9 Å². The van der Waals surface area contributed by atoms with Crippen LogP contribution >= 0.6 is 11.6 Å². The van der Waals surface area contributed by atoms with Crippen LogP contribution in [0.5, 0.6) is 5.75 Å². The van der Waals surface area contributed by atoms with Crippen molar-refractivity contribution in [2.24, 2.45) is 5.10 Å². The Hall–Kier alpha value is -2.59. The van der Waals surface area contributed by atoms with Crippen LogP contribution in [0.2, 0.25) is 5.02 Å². The van der Waals surface area contributed by atoms with E-state index in [1.807, 2.05) is 0 Å². The van der Waals surface area contributed by atoms with Crippen molar-refractivity contribution < 1.29 is 36.6 Å². The molecule has 0 saturated heterocycles. The number of alkyl halides is 4. The lowest BCUT2D eigenvalue weighted by molar-refractivity contribution is -0.164. The first kappa shape index (κ1) is 20.2. The van der Waals surface area contributed by atoms with Crippen molar-refractivity contribution in [1.82, 2.24) is 5.01 Å². The second kappa shape index (κ2) is 7.80. The summed E-state index contributed by atoms with van der Waals surface area (Å²) in [7, 11) is 0. The molecule has 3 rings (SSSR count). The van der Waals surface area contributed by atoms with Gasteiger partial charge in [0.05, 0.1) is 5.02 Å². The summed E-state index contributed by atoms with van der Waals surface area (Å²) in [5, 5.41) is 13.4. The van der Waals surface area contributed by atoms with Gasteiger partial charge >= 0.3 is 5.91 Å². The van der Waals surface area contributed by atoms with Crippen LogP contribution < -0.4 is 4.74 Å². The van der Waals surface area contributed by atoms with E-state index < -0.39 is 42.4 Å². The van der Waals surface area contributed by atoms with E-state index in [0.29, 0.717) is 10.8 Å². The molecule has 0 fully saturated rings. The van der Waals surface area contributed by atoms with E-state index in [4.69, 9.17) is 20.8 Å². The number of hydrogen-bond acceptors (Lipinski definition) is 5. The first-order valence-corrected chi connectivity index (χ1v) is 8.27. The monoisotopic (exact) mass is 420 g/mol. The highest BCUT2D eigenvalue weighted by molar-refractivity contribution is 6.32. The number of carbonyl (C=O) groups is 1. The third kappa shape index (κ3) is 3.83. The number of benzene rings is 1. The van der Waals surface area contributed by atoms with Crippen LogP contribution in [0.25, 0.3) is 0 Å². The van der Waals surface area contributed by atoms with Gasteiger partial charge in [-0.15, -0.1) is 0 Å². The maximum absolute atomic E-state index is 13.2. The molecule has 1 aliphatic heterocycles. The molecule has 0 radical (unpaired) electrons. The molecule has 1 aromatic heterocycles. The van der Waals surface area contributed by atoms with Crippen molar-refractivity contribution in [3.63, 3.8) is 0 Å². The fraction of sp³-hybridized carbons (Fsp3) is 0.294. The summed E-state index contributed by atoms with van der Waals surface area (Å²) in [6.07, 6.45) is -7.88.